The first-order valence-corrected chi connectivity index (χ1v) is 10.2. The Morgan fingerprint density at radius 2 is 1.38 bits per heavy atom. The van der Waals surface area contributed by atoms with Gasteiger partial charge in [-0.05, 0) is 34.9 Å². The maximum Gasteiger partial charge on any atom is 0.259 e. The van der Waals surface area contributed by atoms with Crippen LogP contribution in [-0.2, 0) is 6.54 Å². The zero-order chi connectivity index (χ0) is 22.2. The third-order valence-electron chi connectivity index (χ3n) is 5.78. The number of anilines is 1. The molecular formula is C27H19FN2O2. The molecule has 2 N–H and O–H groups in total. The maximum atomic E-state index is 15.5. The van der Waals surface area contributed by atoms with Crippen LogP contribution < -0.4 is 10.6 Å². The molecule has 0 unspecified atom stereocenters. The molecule has 5 heteroatoms. The Labute approximate surface area is 184 Å². The summed E-state index contributed by atoms with van der Waals surface area (Å²) in [4.78, 5) is 27.3. The van der Waals surface area contributed by atoms with Crippen LogP contribution in [0.5, 0.6) is 0 Å². The summed E-state index contributed by atoms with van der Waals surface area (Å²) >= 11 is 0. The van der Waals surface area contributed by atoms with Crippen molar-refractivity contribution < 1.29 is 14.0 Å². The van der Waals surface area contributed by atoms with Gasteiger partial charge in [-0.15, -0.1) is 0 Å². The van der Waals surface area contributed by atoms with Crippen molar-refractivity contribution in [1.29, 1.82) is 0 Å². The molecule has 5 rings (SSSR count). The van der Waals surface area contributed by atoms with Crippen molar-refractivity contribution in [2.45, 2.75) is 6.54 Å². The van der Waals surface area contributed by atoms with Crippen LogP contribution in [0, 0.1) is 5.82 Å². The van der Waals surface area contributed by atoms with Gasteiger partial charge in [-0.1, -0.05) is 72.8 Å². The topological polar surface area (TPSA) is 63.4 Å². The van der Waals surface area contributed by atoms with Gasteiger partial charge < -0.3 is 10.6 Å². The molecule has 0 fully saturated rings. The minimum absolute atomic E-state index is 0.0724. The van der Waals surface area contributed by atoms with Gasteiger partial charge in [0.05, 0.1) is 23.4 Å². The largest absolute Gasteiger partial charge is 0.366 e. The summed E-state index contributed by atoms with van der Waals surface area (Å²) in [5.74, 6) is -2.02. The number of benzene rings is 4. The van der Waals surface area contributed by atoms with Gasteiger partial charge in [0.15, 0.2) is 0 Å². The van der Waals surface area contributed by atoms with Gasteiger partial charge in [0, 0.05) is 11.1 Å². The number of para-hydroxylation sites is 1. The number of hydrogen-bond donors (Lipinski definition) is 1. The highest BCUT2D eigenvalue weighted by molar-refractivity contribution is 6.13. The molecule has 0 saturated heterocycles. The molecule has 0 spiro atoms. The first kappa shape index (κ1) is 19.7. The van der Waals surface area contributed by atoms with E-state index in [4.69, 9.17) is 5.73 Å². The lowest BCUT2D eigenvalue weighted by Gasteiger charge is -2.32. The predicted molar refractivity (Wildman–Crippen MR) is 123 cm³/mol. The smallest absolute Gasteiger partial charge is 0.259 e. The summed E-state index contributed by atoms with van der Waals surface area (Å²) in [6.07, 6.45) is 0. The van der Waals surface area contributed by atoms with E-state index in [0.29, 0.717) is 12.1 Å². The quantitative estimate of drug-likeness (QED) is 0.479. The average Bonchev–Trinajstić information content (AvgIpc) is 2.83. The summed E-state index contributed by atoms with van der Waals surface area (Å²) in [5.41, 5.74) is 9.66. The highest BCUT2D eigenvalue weighted by Crippen LogP contribution is 2.40. The van der Waals surface area contributed by atoms with E-state index in [1.54, 1.807) is 35.2 Å². The normalized spacial score (nSPS) is 12.1. The Morgan fingerprint density at radius 1 is 0.750 bits per heavy atom. The molecular weight excluding hydrogens is 403 g/mol. The Morgan fingerprint density at radius 3 is 2.12 bits per heavy atom. The first-order valence-electron chi connectivity index (χ1n) is 10.2. The third kappa shape index (κ3) is 3.15. The average molecular weight is 422 g/mol. The van der Waals surface area contributed by atoms with E-state index in [1.807, 2.05) is 48.5 Å². The van der Waals surface area contributed by atoms with Gasteiger partial charge in [-0.3, -0.25) is 9.59 Å². The fourth-order valence-electron chi connectivity index (χ4n) is 4.27. The van der Waals surface area contributed by atoms with Gasteiger partial charge >= 0.3 is 0 Å². The number of halogens is 1. The van der Waals surface area contributed by atoms with Gasteiger partial charge in [0.25, 0.3) is 11.8 Å². The van der Waals surface area contributed by atoms with Gasteiger partial charge in [-0.25, -0.2) is 4.39 Å². The molecule has 32 heavy (non-hydrogen) atoms. The fourth-order valence-corrected chi connectivity index (χ4v) is 4.27. The Bertz CT molecular complexity index is 1370. The molecule has 4 nitrogen and oxygen atoms in total. The van der Waals surface area contributed by atoms with Gasteiger partial charge in [-0.2, -0.15) is 0 Å². The van der Waals surface area contributed by atoms with Crippen LogP contribution in [-0.4, -0.2) is 11.8 Å². The van der Waals surface area contributed by atoms with E-state index in [-0.39, 0.29) is 22.6 Å². The number of amides is 2. The molecule has 0 radical (unpaired) electrons. The number of nitrogens with zero attached hydrogens (tertiary/aromatic N) is 1. The number of fused-ring (bicyclic) bond motifs is 3. The second-order valence-corrected chi connectivity index (χ2v) is 7.65. The highest BCUT2D eigenvalue weighted by Gasteiger charge is 2.30. The van der Waals surface area contributed by atoms with E-state index in [2.05, 4.69) is 0 Å². The van der Waals surface area contributed by atoms with Crippen molar-refractivity contribution in [2.24, 2.45) is 5.73 Å². The first-order chi connectivity index (χ1) is 15.6. The molecule has 4 aromatic rings. The Hall–Kier alpha value is -4.25. The number of carbonyl (C=O) groups is 2. The van der Waals surface area contributed by atoms with Crippen LogP contribution in [0.15, 0.2) is 91.0 Å². The second-order valence-electron chi connectivity index (χ2n) is 7.65. The Kier molecular flexibility index (Phi) is 4.79. The summed E-state index contributed by atoms with van der Waals surface area (Å²) in [7, 11) is 0. The number of hydrogen-bond acceptors (Lipinski definition) is 2. The maximum absolute atomic E-state index is 15.5. The van der Waals surface area contributed by atoms with Crippen molar-refractivity contribution in [3.8, 4) is 22.3 Å². The Balaban J connectivity index is 1.69. The van der Waals surface area contributed by atoms with E-state index in [9.17, 15) is 9.59 Å². The van der Waals surface area contributed by atoms with E-state index in [1.165, 1.54) is 12.1 Å². The van der Waals surface area contributed by atoms with Crippen LogP contribution in [0.25, 0.3) is 22.3 Å². The third-order valence-corrected chi connectivity index (χ3v) is 5.78. The van der Waals surface area contributed by atoms with E-state index >= 15 is 4.39 Å². The molecule has 0 saturated carbocycles. The lowest BCUT2D eigenvalue weighted by Crippen LogP contribution is -2.33. The van der Waals surface area contributed by atoms with Crippen molar-refractivity contribution in [2.75, 3.05) is 4.90 Å². The SMILES string of the molecule is NC(=O)c1ccc(C(=O)N2Cc3ccccc3-c3ccccc32)c(-c2ccccc2)c1F. The predicted octanol–water partition coefficient (Wildman–Crippen LogP) is 5.42. The molecule has 1 heterocycles. The van der Waals surface area contributed by atoms with Crippen molar-refractivity contribution in [3.05, 3.63) is 114 Å². The summed E-state index contributed by atoms with van der Waals surface area (Å²) in [5, 5.41) is 0. The van der Waals surface area contributed by atoms with Gasteiger partial charge in [0.2, 0.25) is 0 Å². The highest BCUT2D eigenvalue weighted by atomic mass is 19.1. The summed E-state index contributed by atoms with van der Waals surface area (Å²) in [6.45, 7) is 0.361. The lowest BCUT2D eigenvalue weighted by molar-refractivity contribution is 0.0977. The molecule has 1 aliphatic rings. The van der Waals surface area contributed by atoms with Crippen LogP contribution >= 0.6 is 0 Å². The minimum atomic E-state index is -0.879. The number of rotatable bonds is 3. The lowest BCUT2D eigenvalue weighted by atomic mass is 9.91. The summed E-state index contributed by atoms with van der Waals surface area (Å²) in [6, 6.07) is 27.1. The zero-order valence-corrected chi connectivity index (χ0v) is 17.1. The standard InChI is InChI=1S/C27H19FN2O2/c28-25-22(26(29)31)15-14-21(24(25)17-8-2-1-3-9-17)27(32)30-16-18-10-4-5-11-19(18)20-12-6-7-13-23(20)30/h1-15H,16H2,(H2,29,31). The van der Waals surface area contributed by atoms with Crippen LogP contribution in [0.2, 0.25) is 0 Å². The number of carbonyl (C=O) groups excluding carboxylic acids is 2. The van der Waals surface area contributed by atoms with Crippen LogP contribution in [0.1, 0.15) is 26.3 Å². The summed E-state index contributed by atoms with van der Waals surface area (Å²) < 4.78 is 15.5. The van der Waals surface area contributed by atoms with E-state index in [0.717, 1.165) is 22.4 Å². The second kappa shape index (κ2) is 7.78. The van der Waals surface area contributed by atoms with Crippen molar-refractivity contribution in [1.82, 2.24) is 0 Å². The number of primary amides is 1. The monoisotopic (exact) mass is 422 g/mol. The number of nitrogens with two attached hydrogens (primary N) is 1. The van der Waals surface area contributed by atoms with Gasteiger partial charge in [0.1, 0.15) is 5.82 Å². The van der Waals surface area contributed by atoms with Crippen molar-refractivity contribution in [3.63, 3.8) is 0 Å². The molecule has 156 valence electrons. The fraction of sp³-hybridized carbons (Fsp3) is 0.0370. The molecule has 0 aliphatic carbocycles. The van der Waals surface area contributed by atoms with Crippen LogP contribution in [0.3, 0.4) is 0 Å². The minimum Gasteiger partial charge on any atom is -0.366 e. The molecule has 0 bridgehead atoms. The molecule has 0 aromatic heterocycles. The zero-order valence-electron chi connectivity index (χ0n) is 17.1. The van der Waals surface area contributed by atoms with E-state index < -0.39 is 11.7 Å². The molecule has 4 aromatic carbocycles. The molecule has 0 atom stereocenters. The molecule has 2 amide bonds. The molecule has 1 aliphatic heterocycles. The van der Waals surface area contributed by atoms with Crippen molar-refractivity contribution >= 4 is 17.5 Å². The van der Waals surface area contributed by atoms with Crippen LogP contribution in [0.4, 0.5) is 10.1 Å².